The molecule has 1 aromatic rings. The van der Waals surface area contributed by atoms with Crippen LogP contribution in [0.3, 0.4) is 0 Å². The quantitative estimate of drug-likeness (QED) is 0.156. The second kappa shape index (κ2) is 12.1. The van der Waals surface area contributed by atoms with Crippen molar-refractivity contribution in [2.75, 3.05) is 20.3 Å². The number of fused-ring (bicyclic) bond motifs is 1. The fraction of sp³-hybridized carbons (Fsp3) is 0.481. The number of ether oxygens (including phenoxy) is 6. The molecule has 2 fully saturated rings. The molecule has 15 heteroatoms. The van der Waals surface area contributed by atoms with E-state index in [-0.39, 0.29) is 40.1 Å². The highest BCUT2D eigenvalue weighted by Gasteiger charge is 2.50. The van der Waals surface area contributed by atoms with Gasteiger partial charge in [0, 0.05) is 18.2 Å². The molecule has 4 aliphatic rings. The molecule has 10 atom stereocenters. The molecule has 15 nitrogen and oxygen atoms in total. The summed E-state index contributed by atoms with van der Waals surface area (Å²) < 4.78 is 32.5. The Bertz CT molecular complexity index is 1290. The first-order valence-electron chi connectivity index (χ1n) is 13.0. The summed E-state index contributed by atoms with van der Waals surface area (Å²) in [5.74, 6) is -0.556. The van der Waals surface area contributed by atoms with Gasteiger partial charge in [0.2, 0.25) is 18.2 Å². The Morgan fingerprint density at radius 1 is 0.952 bits per heavy atom. The zero-order chi connectivity index (χ0) is 30.3. The van der Waals surface area contributed by atoms with Crippen molar-refractivity contribution in [3.8, 4) is 11.5 Å². The van der Waals surface area contributed by atoms with E-state index < -0.39 is 74.6 Å². The van der Waals surface area contributed by atoms with Crippen molar-refractivity contribution in [2.45, 2.75) is 61.4 Å². The molecule has 0 aromatic heterocycles. The van der Waals surface area contributed by atoms with Gasteiger partial charge in [-0.2, -0.15) is 0 Å². The van der Waals surface area contributed by atoms with Gasteiger partial charge in [-0.25, -0.2) is 0 Å². The Kier molecular flexibility index (Phi) is 8.66. The van der Waals surface area contributed by atoms with Crippen LogP contribution in [0, 0.1) is 0 Å². The lowest BCUT2D eigenvalue weighted by atomic mass is 9.96. The topological polar surface area (TPSA) is 241 Å². The zero-order valence-electron chi connectivity index (χ0n) is 22.2. The summed E-state index contributed by atoms with van der Waals surface area (Å²) in [5.41, 5.74) is 0.538. The maximum Gasteiger partial charge on any atom is 0.305 e. The van der Waals surface area contributed by atoms with E-state index in [1.165, 1.54) is 31.4 Å². The van der Waals surface area contributed by atoms with Crippen molar-refractivity contribution in [3.63, 3.8) is 0 Å². The van der Waals surface area contributed by atoms with Crippen LogP contribution in [-0.4, -0.2) is 132 Å². The summed E-state index contributed by atoms with van der Waals surface area (Å²) in [5, 5.41) is 92.4. The molecule has 0 bridgehead atoms. The summed E-state index contributed by atoms with van der Waals surface area (Å²) in [6, 6.07) is 4.37. The number of aliphatic hydroxyl groups is 10. The van der Waals surface area contributed by atoms with Crippen molar-refractivity contribution in [1.82, 2.24) is 0 Å². The molecule has 0 saturated carbocycles. The molecule has 3 aliphatic heterocycles. The fourth-order valence-electron chi connectivity index (χ4n) is 4.97. The zero-order valence-corrected chi connectivity index (χ0v) is 22.2. The third-order valence-electron chi connectivity index (χ3n) is 7.28. The van der Waals surface area contributed by atoms with Crippen molar-refractivity contribution in [2.24, 2.45) is 0 Å². The summed E-state index contributed by atoms with van der Waals surface area (Å²) in [7, 11) is 1.37. The normalized spacial score (nSPS) is 36.7. The molecule has 0 radical (unpaired) electrons. The highest BCUT2D eigenvalue weighted by Crippen LogP contribution is 2.39. The molecular formula is C27H33O15+. The van der Waals surface area contributed by atoms with Crippen LogP contribution in [0.5, 0.6) is 11.5 Å². The van der Waals surface area contributed by atoms with Gasteiger partial charge in [0.15, 0.2) is 23.9 Å². The second-order valence-corrected chi connectivity index (χ2v) is 10.1. The molecule has 1 unspecified atom stereocenters. The number of aromatic hydroxyl groups is 1. The number of benzene rings is 1. The molecule has 230 valence electrons. The van der Waals surface area contributed by atoms with Crippen molar-refractivity contribution in [1.29, 1.82) is 0 Å². The maximum atomic E-state index is 10.9. The van der Waals surface area contributed by atoms with Gasteiger partial charge in [-0.1, -0.05) is 0 Å². The highest BCUT2D eigenvalue weighted by molar-refractivity contribution is 5.69. The highest BCUT2D eigenvalue weighted by atomic mass is 16.8. The monoisotopic (exact) mass is 597 g/mol. The van der Waals surface area contributed by atoms with Gasteiger partial charge in [-0.05, 0) is 12.1 Å². The molecule has 42 heavy (non-hydrogen) atoms. The summed E-state index contributed by atoms with van der Waals surface area (Å²) in [6.45, 7) is -1.13. The largest absolute Gasteiger partial charge is 0.571 e. The third kappa shape index (κ3) is 5.66. The number of rotatable bonds is 7. The Labute approximate surface area is 238 Å². The number of hydrogen-bond donors (Lipinski definition) is 9. The summed E-state index contributed by atoms with van der Waals surface area (Å²) in [6.07, 6.45) is -11.3. The molecule has 2 saturated heterocycles. The van der Waals surface area contributed by atoms with Crippen LogP contribution >= 0.6 is 0 Å². The SMILES string of the molecule is COc1ccc(C2=C(O[C@@H]3O[C@H](CO)[C@@H](O)[C@H](O)[C@H]3O[C@@H]3OC[C@@H](O)[C@H](O)[C@H]3O)C=C3C(O)=CC(O)=CC3[OH+]2)cc1O. The first-order chi connectivity index (χ1) is 20.0. The molecule has 0 spiro atoms. The first kappa shape index (κ1) is 30.1. The number of phenols is 1. The molecule has 0 amide bonds. The van der Waals surface area contributed by atoms with Crippen LogP contribution in [0.1, 0.15) is 5.56 Å². The maximum absolute atomic E-state index is 10.9. The van der Waals surface area contributed by atoms with E-state index in [1.807, 2.05) is 0 Å². The van der Waals surface area contributed by atoms with Gasteiger partial charge in [0.05, 0.1) is 37.5 Å². The van der Waals surface area contributed by atoms with E-state index in [0.29, 0.717) is 5.56 Å². The number of methoxy groups -OCH3 is 1. The first-order valence-corrected chi connectivity index (χ1v) is 13.0. The number of aliphatic hydroxyl groups excluding tert-OH is 8. The van der Waals surface area contributed by atoms with E-state index in [0.717, 1.165) is 6.08 Å². The van der Waals surface area contributed by atoms with Crippen LogP contribution in [0.2, 0.25) is 0 Å². The van der Waals surface area contributed by atoms with Gasteiger partial charge < -0.3 is 74.4 Å². The predicted octanol–water partition coefficient (Wildman–Crippen LogP) is -1.92. The van der Waals surface area contributed by atoms with Gasteiger partial charge in [0.25, 0.3) is 0 Å². The number of allylic oxidation sites excluding steroid dienone is 2. The Balaban J connectivity index is 1.53. The fourth-order valence-corrected chi connectivity index (χ4v) is 4.97. The summed E-state index contributed by atoms with van der Waals surface area (Å²) in [4.78, 5) is 0. The molecular weight excluding hydrogens is 564 g/mol. The number of hydrogen-bond acceptors (Lipinski definition) is 14. The van der Waals surface area contributed by atoms with Crippen LogP contribution in [0.25, 0.3) is 5.76 Å². The van der Waals surface area contributed by atoms with Crippen molar-refractivity contribution >= 4 is 5.76 Å². The minimum atomic E-state index is -1.77. The van der Waals surface area contributed by atoms with Crippen LogP contribution < -0.4 is 4.74 Å². The van der Waals surface area contributed by atoms with E-state index in [1.54, 1.807) is 6.07 Å². The lowest BCUT2D eigenvalue weighted by molar-refractivity contribution is -0.351. The Hall–Kier alpha value is -3.38. The van der Waals surface area contributed by atoms with Gasteiger partial charge in [-0.3, -0.25) is 0 Å². The minimum absolute atomic E-state index is 0.0694. The van der Waals surface area contributed by atoms with E-state index in [9.17, 15) is 46.0 Å². The lowest BCUT2D eigenvalue weighted by Gasteiger charge is -2.44. The van der Waals surface area contributed by atoms with E-state index >= 15 is 0 Å². The van der Waals surface area contributed by atoms with Crippen molar-refractivity contribution < 1.29 is 74.4 Å². The molecule has 1 aromatic carbocycles. The van der Waals surface area contributed by atoms with Gasteiger partial charge >= 0.3 is 5.76 Å². The van der Waals surface area contributed by atoms with Crippen molar-refractivity contribution in [3.05, 3.63) is 64.8 Å². The minimum Gasteiger partial charge on any atom is -0.571 e. The van der Waals surface area contributed by atoms with E-state index in [4.69, 9.17) is 23.7 Å². The Morgan fingerprint density at radius 2 is 1.71 bits per heavy atom. The second-order valence-electron chi connectivity index (χ2n) is 10.1. The molecule has 5 rings (SSSR count). The van der Waals surface area contributed by atoms with Gasteiger partial charge in [0.1, 0.15) is 48.1 Å². The molecule has 1 aliphatic carbocycles. The lowest BCUT2D eigenvalue weighted by Crippen LogP contribution is -2.63. The Morgan fingerprint density at radius 3 is 2.40 bits per heavy atom. The molecule has 10 N–H and O–H groups in total. The van der Waals surface area contributed by atoms with Crippen LogP contribution in [0.15, 0.2) is 59.3 Å². The van der Waals surface area contributed by atoms with Crippen LogP contribution in [0.4, 0.5) is 0 Å². The number of phenolic OH excluding ortho intramolecular Hbond substituents is 1. The third-order valence-corrected chi connectivity index (χ3v) is 7.28. The summed E-state index contributed by atoms with van der Waals surface area (Å²) >= 11 is 0. The van der Waals surface area contributed by atoms with Crippen LogP contribution in [-0.2, 0) is 18.9 Å². The van der Waals surface area contributed by atoms with E-state index in [2.05, 4.69) is 4.74 Å². The average Bonchev–Trinajstić information content (AvgIpc) is 2.96. The standard InChI is InChI=1S/C27H32O15/c1-37-16-3-2-10(4-14(16)31)24-18(7-12-13(30)5-11(29)6-17(12)39-24)40-27-25(22(35)21(34)19(8-28)41-27)42-26-23(36)20(33)15(32)9-38-26/h2-7,15,17,19-23,25-36H,8-9H2,1H3/p+1/t15-,17?,19-,20+,21-,22+,23-,25-,26+,27-/m1/s1. The van der Waals surface area contributed by atoms with Gasteiger partial charge in [-0.15, -0.1) is 0 Å². The average molecular weight is 598 g/mol. The molecule has 3 heterocycles. The smallest absolute Gasteiger partial charge is 0.305 e. The predicted molar refractivity (Wildman–Crippen MR) is 139 cm³/mol.